The fourth-order valence-corrected chi connectivity index (χ4v) is 4.16. The third-order valence-corrected chi connectivity index (χ3v) is 5.65. The quantitative estimate of drug-likeness (QED) is 0.580. The molecule has 6 nitrogen and oxygen atoms in total. The average Bonchev–Trinajstić information content (AvgIpc) is 2.99. The number of ether oxygens (including phenoxy) is 2. The lowest BCUT2D eigenvalue weighted by Crippen LogP contribution is -2.32. The number of carbonyl (C=O) groups excluding carboxylic acids is 1. The first-order valence-electron chi connectivity index (χ1n) is 9.03. The highest BCUT2D eigenvalue weighted by Gasteiger charge is 2.33. The molecule has 1 heterocycles. The number of halogens is 1. The van der Waals surface area contributed by atoms with Crippen molar-refractivity contribution >= 4 is 50.5 Å². The average molecular weight is 477 g/mol. The molecule has 29 heavy (non-hydrogen) atoms. The zero-order valence-corrected chi connectivity index (χ0v) is 18.5. The molecule has 0 spiro atoms. The maximum absolute atomic E-state index is 13.0. The van der Waals surface area contributed by atoms with Gasteiger partial charge in [0.25, 0.3) is 5.91 Å². The topological polar surface area (TPSA) is 71.4 Å². The molecule has 0 aromatic heterocycles. The number of para-hydroxylation sites is 1. The van der Waals surface area contributed by atoms with Crippen LogP contribution in [0.2, 0.25) is 0 Å². The number of benzene rings is 2. The number of aromatic hydroxyl groups is 1. The van der Waals surface area contributed by atoms with Crippen LogP contribution < -0.4 is 4.74 Å². The highest BCUT2D eigenvalue weighted by atomic mass is 79.9. The van der Waals surface area contributed by atoms with Crippen molar-refractivity contribution in [2.24, 2.45) is 4.99 Å². The van der Waals surface area contributed by atoms with E-state index in [4.69, 9.17) is 9.47 Å². The number of carbonyl (C=O) groups is 1. The molecular formula is C21H21BrN2O4S. The molecule has 3 rings (SSSR count). The van der Waals surface area contributed by atoms with Crippen LogP contribution in [0.1, 0.15) is 12.5 Å². The summed E-state index contributed by atoms with van der Waals surface area (Å²) < 4.78 is 11.1. The Balaban J connectivity index is 1.95. The predicted molar refractivity (Wildman–Crippen MR) is 120 cm³/mol. The molecule has 0 radical (unpaired) electrons. The molecule has 1 aliphatic heterocycles. The third kappa shape index (κ3) is 5.20. The van der Waals surface area contributed by atoms with E-state index in [1.165, 1.54) is 11.8 Å². The van der Waals surface area contributed by atoms with Gasteiger partial charge in [0.1, 0.15) is 0 Å². The molecule has 1 saturated heterocycles. The lowest BCUT2D eigenvalue weighted by atomic mass is 10.2. The molecular weight excluding hydrogens is 456 g/mol. The number of methoxy groups -OCH3 is 1. The van der Waals surface area contributed by atoms with Gasteiger partial charge in [-0.2, -0.15) is 0 Å². The van der Waals surface area contributed by atoms with Crippen molar-refractivity contribution < 1.29 is 19.4 Å². The van der Waals surface area contributed by atoms with Crippen molar-refractivity contribution in [2.45, 2.75) is 6.92 Å². The number of rotatable bonds is 7. The molecule has 1 fully saturated rings. The standard InChI is InChI=1S/C21H21BrN2O4S/c1-3-28-17-12-14(11-16(22)19(17)25)13-18-20(26)24(9-10-27-2)21(29-18)23-15-7-5-4-6-8-15/h4-8,11-13,25H,3,9-10H2,1-2H3. The summed E-state index contributed by atoms with van der Waals surface area (Å²) >= 11 is 4.64. The minimum Gasteiger partial charge on any atom is -0.503 e. The monoisotopic (exact) mass is 476 g/mol. The number of nitrogens with zero attached hydrogens (tertiary/aromatic N) is 2. The first-order chi connectivity index (χ1) is 14.0. The van der Waals surface area contributed by atoms with E-state index in [1.54, 1.807) is 30.2 Å². The van der Waals surface area contributed by atoms with E-state index in [-0.39, 0.29) is 11.7 Å². The van der Waals surface area contributed by atoms with Gasteiger partial charge in [0, 0.05) is 7.11 Å². The van der Waals surface area contributed by atoms with Gasteiger partial charge in [-0.1, -0.05) is 18.2 Å². The first kappa shape index (κ1) is 21.4. The van der Waals surface area contributed by atoms with E-state index >= 15 is 0 Å². The van der Waals surface area contributed by atoms with E-state index in [0.717, 1.165) is 11.3 Å². The Hall–Kier alpha value is -2.29. The molecule has 152 valence electrons. The smallest absolute Gasteiger partial charge is 0.266 e. The van der Waals surface area contributed by atoms with E-state index in [2.05, 4.69) is 20.9 Å². The van der Waals surface area contributed by atoms with Gasteiger partial charge in [-0.05, 0) is 70.5 Å². The summed E-state index contributed by atoms with van der Waals surface area (Å²) in [5, 5.41) is 10.7. The molecule has 2 aromatic carbocycles. The molecule has 0 unspecified atom stereocenters. The van der Waals surface area contributed by atoms with E-state index in [9.17, 15) is 9.90 Å². The lowest BCUT2D eigenvalue weighted by molar-refractivity contribution is -0.122. The molecule has 1 amide bonds. The Morgan fingerprint density at radius 2 is 2.03 bits per heavy atom. The molecule has 0 saturated carbocycles. The number of amides is 1. The van der Waals surface area contributed by atoms with Gasteiger partial charge in [0.05, 0.1) is 34.8 Å². The second kappa shape index (κ2) is 9.96. The van der Waals surface area contributed by atoms with Gasteiger partial charge in [-0.3, -0.25) is 9.69 Å². The molecule has 0 bridgehead atoms. The van der Waals surface area contributed by atoms with Gasteiger partial charge >= 0.3 is 0 Å². The summed E-state index contributed by atoms with van der Waals surface area (Å²) in [6.45, 7) is 3.09. The lowest BCUT2D eigenvalue weighted by Gasteiger charge is -2.14. The Kier molecular flexibility index (Phi) is 7.35. The van der Waals surface area contributed by atoms with Crippen LogP contribution >= 0.6 is 27.7 Å². The molecule has 1 N–H and O–H groups in total. The van der Waals surface area contributed by atoms with Crippen LogP contribution in [0.5, 0.6) is 11.5 Å². The van der Waals surface area contributed by atoms with Crippen LogP contribution in [-0.4, -0.2) is 47.9 Å². The summed E-state index contributed by atoms with van der Waals surface area (Å²) in [6, 6.07) is 12.9. The van der Waals surface area contributed by atoms with Crippen molar-refractivity contribution in [3.05, 3.63) is 57.4 Å². The largest absolute Gasteiger partial charge is 0.503 e. The summed E-state index contributed by atoms with van der Waals surface area (Å²) in [5.41, 5.74) is 1.51. The number of thioether (sulfide) groups is 1. The Morgan fingerprint density at radius 3 is 2.72 bits per heavy atom. The summed E-state index contributed by atoms with van der Waals surface area (Å²) in [7, 11) is 1.60. The van der Waals surface area contributed by atoms with Gasteiger partial charge in [-0.25, -0.2) is 4.99 Å². The predicted octanol–water partition coefficient (Wildman–Crippen LogP) is 4.80. The summed E-state index contributed by atoms with van der Waals surface area (Å²) in [6.07, 6.45) is 1.77. The van der Waals surface area contributed by atoms with Crippen LogP contribution in [0.3, 0.4) is 0 Å². The van der Waals surface area contributed by atoms with Crippen molar-refractivity contribution in [3.8, 4) is 11.5 Å². The minimum atomic E-state index is -0.135. The summed E-state index contributed by atoms with van der Waals surface area (Å²) in [4.78, 5) is 19.8. The van der Waals surface area contributed by atoms with Crippen LogP contribution in [0.15, 0.2) is 56.8 Å². The molecule has 2 aromatic rings. The van der Waals surface area contributed by atoms with Gasteiger partial charge in [0.2, 0.25) is 0 Å². The van der Waals surface area contributed by atoms with Crippen molar-refractivity contribution in [2.75, 3.05) is 26.9 Å². The van der Waals surface area contributed by atoms with Crippen LogP contribution in [-0.2, 0) is 9.53 Å². The fraction of sp³-hybridized carbons (Fsp3) is 0.238. The van der Waals surface area contributed by atoms with E-state index in [0.29, 0.717) is 40.1 Å². The number of aliphatic imine (C=N–C) groups is 1. The Morgan fingerprint density at radius 1 is 1.28 bits per heavy atom. The molecule has 8 heteroatoms. The van der Waals surface area contributed by atoms with Crippen LogP contribution in [0.4, 0.5) is 5.69 Å². The minimum absolute atomic E-state index is 0.0347. The number of hydrogen-bond donors (Lipinski definition) is 1. The Bertz CT molecular complexity index is 947. The highest BCUT2D eigenvalue weighted by molar-refractivity contribution is 9.10. The molecule has 0 aliphatic carbocycles. The second-order valence-electron chi connectivity index (χ2n) is 6.07. The third-order valence-electron chi connectivity index (χ3n) is 4.04. The SMILES string of the molecule is CCOc1cc(C=C2SC(=Nc3ccccc3)N(CCOC)C2=O)cc(Br)c1O. The van der Waals surface area contributed by atoms with Crippen LogP contribution in [0.25, 0.3) is 6.08 Å². The number of hydrogen-bond acceptors (Lipinski definition) is 6. The second-order valence-corrected chi connectivity index (χ2v) is 7.94. The van der Waals surface area contributed by atoms with E-state index < -0.39 is 0 Å². The van der Waals surface area contributed by atoms with Crippen molar-refractivity contribution in [1.82, 2.24) is 4.90 Å². The van der Waals surface area contributed by atoms with E-state index in [1.807, 2.05) is 37.3 Å². The summed E-state index contributed by atoms with van der Waals surface area (Å²) in [5.74, 6) is 0.259. The normalized spacial score (nSPS) is 16.8. The maximum atomic E-state index is 13.0. The van der Waals surface area contributed by atoms with Crippen molar-refractivity contribution in [3.63, 3.8) is 0 Å². The number of amidine groups is 1. The van der Waals surface area contributed by atoms with Crippen molar-refractivity contribution in [1.29, 1.82) is 0 Å². The maximum Gasteiger partial charge on any atom is 0.266 e. The van der Waals surface area contributed by atoms with Crippen LogP contribution in [0, 0.1) is 0 Å². The van der Waals surface area contributed by atoms with Gasteiger partial charge in [0.15, 0.2) is 16.7 Å². The van der Waals surface area contributed by atoms with Gasteiger partial charge < -0.3 is 14.6 Å². The zero-order chi connectivity index (χ0) is 20.8. The van der Waals surface area contributed by atoms with Gasteiger partial charge in [-0.15, -0.1) is 0 Å². The zero-order valence-electron chi connectivity index (χ0n) is 16.1. The first-order valence-corrected chi connectivity index (χ1v) is 10.6. The Labute approximate surface area is 182 Å². The number of phenols is 1. The number of phenolic OH excluding ortho intramolecular Hbond substituents is 1. The molecule has 0 atom stereocenters. The fourth-order valence-electron chi connectivity index (χ4n) is 2.68. The highest BCUT2D eigenvalue weighted by Crippen LogP contribution is 2.38. The molecule has 1 aliphatic rings.